The number of hydrogen-bond donors (Lipinski definition) is 1. The number of nitrogens with one attached hydrogen (secondary N) is 1. The van der Waals surface area contributed by atoms with Crippen molar-refractivity contribution in [3.63, 3.8) is 0 Å². The van der Waals surface area contributed by atoms with Crippen molar-refractivity contribution in [1.82, 2.24) is 5.32 Å². The molecular formula is C16H27FN2. The average molecular weight is 266 g/mol. The summed E-state index contributed by atoms with van der Waals surface area (Å²) in [5.74, 6) is -0.115. The molecule has 1 aromatic carbocycles. The molecule has 0 heterocycles. The number of anilines is 1. The number of hydrogen-bond acceptors (Lipinski definition) is 2. The van der Waals surface area contributed by atoms with E-state index < -0.39 is 0 Å². The molecule has 1 rings (SSSR count). The van der Waals surface area contributed by atoms with Gasteiger partial charge in [0.05, 0.1) is 0 Å². The average Bonchev–Trinajstić information content (AvgIpc) is 2.39. The van der Waals surface area contributed by atoms with Gasteiger partial charge in [0, 0.05) is 24.8 Å². The van der Waals surface area contributed by atoms with Crippen LogP contribution in [0.3, 0.4) is 0 Å². The molecule has 1 atom stereocenters. The van der Waals surface area contributed by atoms with Crippen molar-refractivity contribution in [1.29, 1.82) is 0 Å². The number of nitrogens with zero attached hydrogens (tertiary/aromatic N) is 1. The number of rotatable bonds is 7. The highest BCUT2D eigenvalue weighted by Gasteiger charge is 2.16. The van der Waals surface area contributed by atoms with Gasteiger partial charge in [-0.05, 0) is 57.0 Å². The Morgan fingerprint density at radius 2 is 1.95 bits per heavy atom. The zero-order chi connectivity index (χ0) is 14.4. The van der Waals surface area contributed by atoms with Crippen molar-refractivity contribution in [3.05, 3.63) is 29.1 Å². The van der Waals surface area contributed by atoms with E-state index in [1.807, 2.05) is 13.0 Å². The van der Waals surface area contributed by atoms with E-state index >= 15 is 0 Å². The van der Waals surface area contributed by atoms with Gasteiger partial charge < -0.3 is 10.2 Å². The van der Waals surface area contributed by atoms with E-state index in [9.17, 15) is 4.39 Å². The first-order valence-corrected chi connectivity index (χ1v) is 7.33. The topological polar surface area (TPSA) is 15.3 Å². The van der Waals surface area contributed by atoms with Crippen LogP contribution in [0.15, 0.2) is 12.1 Å². The Hall–Kier alpha value is -1.09. The molecule has 108 valence electrons. The summed E-state index contributed by atoms with van der Waals surface area (Å²) in [5.41, 5.74) is 2.94. The van der Waals surface area contributed by atoms with Crippen LogP contribution in [0.4, 0.5) is 10.1 Å². The predicted molar refractivity (Wildman–Crippen MR) is 81.4 cm³/mol. The minimum atomic E-state index is -0.115. The molecule has 0 fully saturated rings. The summed E-state index contributed by atoms with van der Waals surface area (Å²) in [6.07, 6.45) is 1.10. The summed E-state index contributed by atoms with van der Waals surface area (Å²) in [7, 11) is 0. The van der Waals surface area contributed by atoms with Crippen molar-refractivity contribution in [2.45, 2.75) is 47.1 Å². The molecule has 0 bridgehead atoms. The molecule has 0 aliphatic rings. The van der Waals surface area contributed by atoms with Crippen molar-refractivity contribution in [3.8, 4) is 0 Å². The third kappa shape index (κ3) is 3.93. The highest BCUT2D eigenvalue weighted by Crippen LogP contribution is 2.29. The molecule has 0 radical (unpaired) electrons. The summed E-state index contributed by atoms with van der Waals surface area (Å²) in [4.78, 5) is 2.33. The van der Waals surface area contributed by atoms with Crippen LogP contribution in [-0.4, -0.2) is 19.6 Å². The van der Waals surface area contributed by atoms with Crippen LogP contribution in [0.1, 0.15) is 51.3 Å². The first kappa shape index (κ1) is 16.0. The smallest absolute Gasteiger partial charge is 0.126 e. The normalized spacial score (nSPS) is 12.5. The molecule has 0 aliphatic heterocycles. The van der Waals surface area contributed by atoms with Gasteiger partial charge in [-0.1, -0.05) is 13.8 Å². The predicted octanol–water partition coefficient (Wildman–Crippen LogP) is 4.04. The molecule has 1 unspecified atom stereocenters. The summed E-state index contributed by atoms with van der Waals surface area (Å²) < 4.78 is 13.9. The quantitative estimate of drug-likeness (QED) is 0.801. The van der Waals surface area contributed by atoms with E-state index in [4.69, 9.17) is 0 Å². The zero-order valence-corrected chi connectivity index (χ0v) is 12.9. The lowest BCUT2D eigenvalue weighted by Gasteiger charge is -2.28. The Morgan fingerprint density at radius 1 is 1.26 bits per heavy atom. The maximum absolute atomic E-state index is 13.9. The van der Waals surface area contributed by atoms with Crippen molar-refractivity contribution >= 4 is 5.69 Å². The van der Waals surface area contributed by atoms with Gasteiger partial charge >= 0.3 is 0 Å². The first-order chi connectivity index (χ1) is 9.04. The Morgan fingerprint density at radius 3 is 2.47 bits per heavy atom. The van der Waals surface area contributed by atoms with Gasteiger partial charge in [0.2, 0.25) is 0 Å². The fourth-order valence-electron chi connectivity index (χ4n) is 2.44. The molecule has 1 N–H and O–H groups in total. The van der Waals surface area contributed by atoms with Crippen LogP contribution >= 0.6 is 0 Å². The fraction of sp³-hybridized carbons (Fsp3) is 0.625. The van der Waals surface area contributed by atoms with Crippen LogP contribution in [0.25, 0.3) is 0 Å². The zero-order valence-electron chi connectivity index (χ0n) is 12.9. The molecule has 0 spiro atoms. The lowest BCUT2D eigenvalue weighted by Crippen LogP contribution is -2.27. The summed E-state index contributed by atoms with van der Waals surface area (Å²) in [5, 5.41) is 3.38. The van der Waals surface area contributed by atoms with E-state index in [2.05, 4.69) is 37.9 Å². The molecular weight excluding hydrogens is 239 g/mol. The number of benzene rings is 1. The van der Waals surface area contributed by atoms with Crippen LogP contribution in [0.2, 0.25) is 0 Å². The van der Waals surface area contributed by atoms with E-state index in [0.29, 0.717) is 0 Å². The Labute approximate surface area is 117 Å². The van der Waals surface area contributed by atoms with E-state index in [-0.39, 0.29) is 11.9 Å². The van der Waals surface area contributed by atoms with Crippen molar-refractivity contribution in [2.24, 2.45) is 0 Å². The molecule has 0 aliphatic carbocycles. The summed E-state index contributed by atoms with van der Waals surface area (Å²) in [6, 6.07) is 3.84. The van der Waals surface area contributed by atoms with Crippen LogP contribution in [0, 0.1) is 12.7 Å². The van der Waals surface area contributed by atoms with Crippen molar-refractivity contribution < 1.29 is 4.39 Å². The fourth-order valence-corrected chi connectivity index (χ4v) is 2.44. The lowest BCUT2D eigenvalue weighted by molar-refractivity contribution is 0.577. The van der Waals surface area contributed by atoms with Crippen LogP contribution in [0.5, 0.6) is 0 Å². The SMILES string of the molecule is CCCN(CC)c1cc(C)c(F)cc1C(C)NCC. The highest BCUT2D eigenvalue weighted by atomic mass is 19.1. The van der Waals surface area contributed by atoms with Gasteiger partial charge in [0.25, 0.3) is 0 Å². The number of aryl methyl sites for hydroxylation is 1. The maximum Gasteiger partial charge on any atom is 0.126 e. The molecule has 0 aromatic heterocycles. The Kier molecular flexibility index (Phi) is 6.29. The Bertz CT molecular complexity index is 404. The molecule has 3 heteroatoms. The molecule has 1 aromatic rings. The molecule has 0 saturated heterocycles. The van der Waals surface area contributed by atoms with Crippen LogP contribution < -0.4 is 10.2 Å². The van der Waals surface area contributed by atoms with Gasteiger partial charge in [-0.25, -0.2) is 4.39 Å². The standard InChI is InChI=1S/C16H27FN2/c1-6-9-19(8-3)16-10-12(4)15(17)11-14(16)13(5)18-7-2/h10-11,13,18H,6-9H2,1-5H3. The third-order valence-corrected chi connectivity index (χ3v) is 3.50. The molecule has 0 amide bonds. The van der Waals surface area contributed by atoms with Gasteiger partial charge in [0.1, 0.15) is 5.82 Å². The largest absolute Gasteiger partial charge is 0.372 e. The molecule has 2 nitrogen and oxygen atoms in total. The third-order valence-electron chi connectivity index (χ3n) is 3.50. The van der Waals surface area contributed by atoms with E-state index in [1.54, 1.807) is 6.07 Å². The van der Waals surface area contributed by atoms with E-state index in [1.165, 1.54) is 0 Å². The number of halogens is 1. The highest BCUT2D eigenvalue weighted by molar-refractivity contribution is 5.57. The van der Waals surface area contributed by atoms with Gasteiger partial charge in [0.15, 0.2) is 0 Å². The summed E-state index contributed by atoms with van der Waals surface area (Å²) in [6.45, 7) is 13.2. The monoisotopic (exact) mass is 266 g/mol. The second-order valence-corrected chi connectivity index (χ2v) is 5.02. The maximum atomic E-state index is 13.9. The summed E-state index contributed by atoms with van der Waals surface area (Å²) >= 11 is 0. The van der Waals surface area contributed by atoms with Crippen LogP contribution in [-0.2, 0) is 0 Å². The van der Waals surface area contributed by atoms with Gasteiger partial charge in [-0.15, -0.1) is 0 Å². The van der Waals surface area contributed by atoms with E-state index in [0.717, 1.165) is 42.9 Å². The van der Waals surface area contributed by atoms with Crippen molar-refractivity contribution in [2.75, 3.05) is 24.5 Å². The second-order valence-electron chi connectivity index (χ2n) is 5.02. The molecule has 0 saturated carbocycles. The minimum absolute atomic E-state index is 0.115. The lowest BCUT2D eigenvalue weighted by atomic mass is 10.0. The molecule has 19 heavy (non-hydrogen) atoms. The minimum Gasteiger partial charge on any atom is -0.372 e. The van der Waals surface area contributed by atoms with Gasteiger partial charge in [-0.2, -0.15) is 0 Å². The Balaban J connectivity index is 3.21. The second kappa shape index (κ2) is 7.49. The van der Waals surface area contributed by atoms with Gasteiger partial charge in [-0.3, -0.25) is 0 Å². The first-order valence-electron chi connectivity index (χ1n) is 7.33.